The zero-order chi connectivity index (χ0) is 12.3. The molecule has 0 heterocycles. The zero-order valence-electron chi connectivity index (χ0n) is 9.85. The third-order valence-electron chi connectivity index (χ3n) is 2.73. The third kappa shape index (κ3) is 3.75. The van der Waals surface area contributed by atoms with Crippen molar-refractivity contribution in [2.75, 3.05) is 0 Å². The van der Waals surface area contributed by atoms with Gasteiger partial charge in [0.2, 0.25) is 0 Å². The van der Waals surface area contributed by atoms with Gasteiger partial charge >= 0.3 is 5.97 Å². The van der Waals surface area contributed by atoms with E-state index >= 15 is 0 Å². The maximum absolute atomic E-state index is 10.7. The summed E-state index contributed by atoms with van der Waals surface area (Å²) in [6.45, 7) is 2.33. The van der Waals surface area contributed by atoms with Crippen LogP contribution in [0, 0.1) is 0 Å². The Kier molecular flexibility index (Phi) is 3.64. The average Bonchev–Trinajstić information content (AvgIpc) is 3.10. The van der Waals surface area contributed by atoms with E-state index in [1.54, 1.807) is 6.07 Å². The molecule has 92 valence electrons. The fraction of sp³-hybridized carbons (Fsp3) is 0.462. The van der Waals surface area contributed by atoms with E-state index in [0.29, 0.717) is 11.8 Å². The van der Waals surface area contributed by atoms with Crippen LogP contribution in [0.2, 0.25) is 0 Å². The van der Waals surface area contributed by atoms with E-state index in [1.807, 2.05) is 18.2 Å². The van der Waals surface area contributed by atoms with Gasteiger partial charge in [0, 0.05) is 12.6 Å². The Morgan fingerprint density at radius 3 is 3.00 bits per heavy atom. The standard InChI is InChI=1S/C13H17NO3/c1-9(13(15)16)17-12-4-2-3-10(7-12)8-14-11-5-6-11/h2-4,7,9,11,14H,5-6,8H2,1H3,(H,15,16). The first-order valence-electron chi connectivity index (χ1n) is 5.87. The number of hydrogen-bond acceptors (Lipinski definition) is 3. The van der Waals surface area contributed by atoms with E-state index in [2.05, 4.69) is 5.32 Å². The number of carboxylic acids is 1. The largest absolute Gasteiger partial charge is 0.479 e. The van der Waals surface area contributed by atoms with Gasteiger partial charge < -0.3 is 15.2 Å². The molecular formula is C13H17NO3. The van der Waals surface area contributed by atoms with Crippen LogP contribution < -0.4 is 10.1 Å². The van der Waals surface area contributed by atoms with Crippen LogP contribution in [0.4, 0.5) is 0 Å². The molecule has 0 aromatic heterocycles. The topological polar surface area (TPSA) is 58.6 Å². The second-order valence-corrected chi connectivity index (χ2v) is 4.40. The Labute approximate surface area is 101 Å². The molecule has 2 N–H and O–H groups in total. The minimum absolute atomic E-state index is 0.606. The van der Waals surface area contributed by atoms with Gasteiger partial charge in [-0.15, -0.1) is 0 Å². The van der Waals surface area contributed by atoms with E-state index in [0.717, 1.165) is 12.1 Å². The molecule has 17 heavy (non-hydrogen) atoms. The summed E-state index contributed by atoms with van der Waals surface area (Å²) in [5, 5.41) is 12.2. The van der Waals surface area contributed by atoms with Gasteiger partial charge in [-0.3, -0.25) is 0 Å². The van der Waals surface area contributed by atoms with Crippen LogP contribution in [-0.4, -0.2) is 23.2 Å². The lowest BCUT2D eigenvalue weighted by molar-refractivity contribution is -0.144. The minimum atomic E-state index is -0.952. The molecule has 2 rings (SSSR count). The molecule has 1 aliphatic carbocycles. The van der Waals surface area contributed by atoms with Crippen molar-refractivity contribution in [3.05, 3.63) is 29.8 Å². The van der Waals surface area contributed by atoms with E-state index < -0.39 is 12.1 Å². The highest BCUT2D eigenvalue weighted by Crippen LogP contribution is 2.20. The second-order valence-electron chi connectivity index (χ2n) is 4.40. The van der Waals surface area contributed by atoms with Gasteiger partial charge in [0.15, 0.2) is 6.10 Å². The summed E-state index contributed by atoms with van der Waals surface area (Å²) in [6, 6.07) is 8.22. The molecule has 1 aromatic carbocycles. The fourth-order valence-electron chi connectivity index (χ4n) is 1.53. The molecule has 0 radical (unpaired) electrons. The normalized spacial score (nSPS) is 16.5. The predicted octanol–water partition coefficient (Wildman–Crippen LogP) is 1.79. The Balaban J connectivity index is 1.92. The Morgan fingerprint density at radius 2 is 2.35 bits per heavy atom. The van der Waals surface area contributed by atoms with Crippen molar-refractivity contribution in [1.82, 2.24) is 5.32 Å². The first-order chi connectivity index (χ1) is 8.15. The lowest BCUT2D eigenvalue weighted by Gasteiger charge is -2.11. The number of aliphatic carboxylic acids is 1. The molecule has 4 nitrogen and oxygen atoms in total. The molecule has 1 aromatic rings. The van der Waals surface area contributed by atoms with Crippen molar-refractivity contribution in [2.45, 2.75) is 38.5 Å². The van der Waals surface area contributed by atoms with Gasteiger partial charge in [0.05, 0.1) is 0 Å². The van der Waals surface area contributed by atoms with Crippen molar-refractivity contribution >= 4 is 5.97 Å². The van der Waals surface area contributed by atoms with E-state index in [4.69, 9.17) is 9.84 Å². The van der Waals surface area contributed by atoms with Crippen molar-refractivity contribution in [2.24, 2.45) is 0 Å². The first-order valence-corrected chi connectivity index (χ1v) is 5.87. The van der Waals surface area contributed by atoms with Crippen LogP contribution in [0.15, 0.2) is 24.3 Å². The summed E-state index contributed by atoms with van der Waals surface area (Å²) in [6.07, 6.45) is 1.69. The van der Waals surface area contributed by atoms with Crippen molar-refractivity contribution < 1.29 is 14.6 Å². The number of benzene rings is 1. The van der Waals surface area contributed by atoms with Gasteiger partial charge in [0.1, 0.15) is 5.75 Å². The first kappa shape index (κ1) is 11.9. The molecule has 1 aliphatic rings. The van der Waals surface area contributed by atoms with Gasteiger partial charge in [-0.2, -0.15) is 0 Å². The van der Waals surface area contributed by atoms with E-state index in [-0.39, 0.29) is 0 Å². The number of hydrogen-bond donors (Lipinski definition) is 2. The van der Waals surface area contributed by atoms with Crippen LogP contribution in [0.3, 0.4) is 0 Å². The number of carbonyl (C=O) groups is 1. The van der Waals surface area contributed by atoms with Crippen molar-refractivity contribution in [3.8, 4) is 5.75 Å². The Hall–Kier alpha value is -1.55. The molecular weight excluding hydrogens is 218 g/mol. The highest BCUT2D eigenvalue weighted by atomic mass is 16.5. The molecule has 0 bridgehead atoms. The van der Waals surface area contributed by atoms with Crippen molar-refractivity contribution in [1.29, 1.82) is 0 Å². The van der Waals surface area contributed by atoms with Gasteiger partial charge in [-0.1, -0.05) is 12.1 Å². The summed E-state index contributed by atoms with van der Waals surface area (Å²) in [4.78, 5) is 10.7. The number of rotatable bonds is 6. The van der Waals surface area contributed by atoms with Gasteiger partial charge in [0.25, 0.3) is 0 Å². The van der Waals surface area contributed by atoms with Crippen molar-refractivity contribution in [3.63, 3.8) is 0 Å². The monoisotopic (exact) mass is 235 g/mol. The fourth-order valence-corrected chi connectivity index (χ4v) is 1.53. The third-order valence-corrected chi connectivity index (χ3v) is 2.73. The molecule has 0 saturated heterocycles. The Bertz CT molecular complexity index is 401. The zero-order valence-corrected chi connectivity index (χ0v) is 9.85. The molecule has 0 amide bonds. The van der Waals surface area contributed by atoms with Gasteiger partial charge in [-0.25, -0.2) is 4.79 Å². The van der Waals surface area contributed by atoms with Crippen LogP contribution >= 0.6 is 0 Å². The summed E-state index contributed by atoms with van der Waals surface area (Å²) in [5.41, 5.74) is 1.12. The van der Waals surface area contributed by atoms with Crippen LogP contribution in [0.25, 0.3) is 0 Å². The van der Waals surface area contributed by atoms with Gasteiger partial charge in [-0.05, 0) is 37.5 Å². The predicted molar refractivity (Wildman–Crippen MR) is 64.0 cm³/mol. The Morgan fingerprint density at radius 1 is 1.59 bits per heavy atom. The highest BCUT2D eigenvalue weighted by Gasteiger charge is 2.20. The van der Waals surface area contributed by atoms with Crippen LogP contribution in [-0.2, 0) is 11.3 Å². The lowest BCUT2D eigenvalue weighted by atomic mass is 10.2. The maximum Gasteiger partial charge on any atom is 0.344 e. The summed E-state index contributed by atoms with van der Waals surface area (Å²) >= 11 is 0. The summed E-state index contributed by atoms with van der Waals surface area (Å²) in [5.74, 6) is -0.346. The van der Waals surface area contributed by atoms with Crippen LogP contribution in [0.5, 0.6) is 5.75 Å². The lowest BCUT2D eigenvalue weighted by Crippen LogP contribution is -2.23. The molecule has 4 heteroatoms. The molecule has 1 unspecified atom stereocenters. The molecule has 0 spiro atoms. The molecule has 1 saturated carbocycles. The SMILES string of the molecule is CC(Oc1cccc(CNC2CC2)c1)C(=O)O. The van der Waals surface area contributed by atoms with Crippen LogP contribution in [0.1, 0.15) is 25.3 Å². The van der Waals surface area contributed by atoms with E-state index in [9.17, 15) is 4.79 Å². The molecule has 1 atom stereocenters. The minimum Gasteiger partial charge on any atom is -0.479 e. The van der Waals surface area contributed by atoms with E-state index in [1.165, 1.54) is 19.8 Å². The number of ether oxygens (including phenoxy) is 1. The highest BCUT2D eigenvalue weighted by molar-refractivity contribution is 5.72. The smallest absolute Gasteiger partial charge is 0.344 e. The summed E-state index contributed by atoms with van der Waals surface area (Å²) in [7, 11) is 0. The molecule has 0 aliphatic heterocycles. The quantitative estimate of drug-likeness (QED) is 0.789. The number of carboxylic acid groups (broad SMARTS) is 1. The molecule has 1 fully saturated rings. The average molecular weight is 235 g/mol. The second kappa shape index (κ2) is 5.19. The number of nitrogens with one attached hydrogen (secondary N) is 1. The summed E-state index contributed by atoms with van der Waals surface area (Å²) < 4.78 is 5.31. The maximum atomic E-state index is 10.7.